The molecule has 6 nitrogen and oxygen atoms in total. The second-order valence-electron chi connectivity index (χ2n) is 4.68. The highest BCUT2D eigenvalue weighted by atomic mass is 16.2. The molecule has 0 bridgehead atoms. The summed E-state index contributed by atoms with van der Waals surface area (Å²) in [6, 6.07) is 1.99. The molecule has 1 atom stereocenters. The Bertz CT molecular complexity index is 397. The van der Waals surface area contributed by atoms with Gasteiger partial charge in [-0.3, -0.25) is 4.79 Å². The average Bonchev–Trinajstić information content (AvgIpc) is 2.46. The summed E-state index contributed by atoms with van der Waals surface area (Å²) in [6.45, 7) is 4.91. The summed E-state index contributed by atoms with van der Waals surface area (Å²) in [5.74, 6) is 0.802. The van der Waals surface area contributed by atoms with Crippen LogP contribution in [0.3, 0.4) is 0 Å². The number of hydrogen-bond acceptors (Lipinski definition) is 5. The van der Waals surface area contributed by atoms with Crippen molar-refractivity contribution in [3.05, 3.63) is 18.5 Å². The van der Waals surface area contributed by atoms with Crippen molar-refractivity contribution in [1.29, 1.82) is 0 Å². The number of piperidine rings is 1. The molecule has 1 aliphatic rings. The maximum atomic E-state index is 11.7. The predicted molar refractivity (Wildman–Crippen MR) is 74.0 cm³/mol. The molecule has 1 aromatic heterocycles. The van der Waals surface area contributed by atoms with Gasteiger partial charge in [-0.1, -0.05) is 6.92 Å². The van der Waals surface area contributed by atoms with E-state index in [-0.39, 0.29) is 11.9 Å². The molecule has 19 heavy (non-hydrogen) atoms. The molecule has 1 aliphatic heterocycles. The highest BCUT2D eigenvalue weighted by Crippen LogP contribution is 2.14. The van der Waals surface area contributed by atoms with Crippen molar-refractivity contribution in [2.45, 2.75) is 25.8 Å². The van der Waals surface area contributed by atoms with Crippen LogP contribution in [-0.4, -0.2) is 48.1 Å². The lowest BCUT2D eigenvalue weighted by atomic mass is 10.1. The normalized spacial score (nSPS) is 19.2. The zero-order chi connectivity index (χ0) is 13.5. The van der Waals surface area contributed by atoms with Crippen molar-refractivity contribution in [3.63, 3.8) is 0 Å². The van der Waals surface area contributed by atoms with Gasteiger partial charge in [0.15, 0.2) is 0 Å². The number of anilines is 1. The van der Waals surface area contributed by atoms with Crippen LogP contribution in [0.4, 0.5) is 5.95 Å². The molecule has 1 aromatic rings. The first-order valence-electron chi connectivity index (χ1n) is 6.81. The highest BCUT2D eigenvalue weighted by Gasteiger charge is 2.22. The fourth-order valence-electron chi connectivity index (χ4n) is 2.25. The third kappa shape index (κ3) is 4.17. The Morgan fingerprint density at radius 2 is 2.26 bits per heavy atom. The van der Waals surface area contributed by atoms with E-state index in [0.717, 1.165) is 38.4 Å². The van der Waals surface area contributed by atoms with Gasteiger partial charge >= 0.3 is 0 Å². The van der Waals surface area contributed by atoms with Gasteiger partial charge < -0.3 is 15.5 Å². The van der Waals surface area contributed by atoms with E-state index < -0.39 is 0 Å². The van der Waals surface area contributed by atoms with Crippen LogP contribution < -0.4 is 15.5 Å². The number of rotatable bonds is 5. The van der Waals surface area contributed by atoms with E-state index in [1.54, 1.807) is 12.4 Å². The van der Waals surface area contributed by atoms with E-state index >= 15 is 0 Å². The second-order valence-corrected chi connectivity index (χ2v) is 4.68. The Balaban J connectivity index is 1.85. The molecule has 0 radical (unpaired) electrons. The van der Waals surface area contributed by atoms with E-state index in [0.29, 0.717) is 6.54 Å². The van der Waals surface area contributed by atoms with E-state index in [4.69, 9.17) is 0 Å². The van der Waals surface area contributed by atoms with Gasteiger partial charge in [0.2, 0.25) is 11.9 Å². The summed E-state index contributed by atoms with van der Waals surface area (Å²) >= 11 is 0. The molecule has 2 rings (SSSR count). The predicted octanol–water partition coefficient (Wildman–Crippen LogP) is 0.171. The number of carbonyl (C=O) groups excluding carboxylic acids is 1. The molecule has 1 unspecified atom stereocenters. The highest BCUT2D eigenvalue weighted by molar-refractivity contribution is 5.78. The Labute approximate surface area is 113 Å². The third-order valence-corrected chi connectivity index (χ3v) is 3.16. The van der Waals surface area contributed by atoms with Gasteiger partial charge in [-0.05, 0) is 25.5 Å². The van der Waals surface area contributed by atoms with Crippen LogP contribution in [0.2, 0.25) is 0 Å². The molecule has 0 saturated carbocycles. The minimum Gasteiger partial charge on any atom is -0.350 e. The Hall–Kier alpha value is -1.69. The summed E-state index contributed by atoms with van der Waals surface area (Å²) in [7, 11) is 0. The van der Waals surface area contributed by atoms with Crippen LogP contribution in [0.25, 0.3) is 0 Å². The van der Waals surface area contributed by atoms with Gasteiger partial charge in [0.1, 0.15) is 0 Å². The second kappa shape index (κ2) is 7.04. The number of nitrogens with one attached hydrogen (secondary N) is 2. The molecular formula is C13H21N5O. The molecule has 1 fully saturated rings. The van der Waals surface area contributed by atoms with Gasteiger partial charge in [-0.25, -0.2) is 9.97 Å². The van der Waals surface area contributed by atoms with Gasteiger partial charge in [0, 0.05) is 31.5 Å². The first-order chi connectivity index (χ1) is 9.29. The largest absolute Gasteiger partial charge is 0.350 e. The van der Waals surface area contributed by atoms with E-state index in [1.165, 1.54) is 0 Å². The fourth-order valence-corrected chi connectivity index (χ4v) is 2.25. The first kappa shape index (κ1) is 13.7. The summed E-state index contributed by atoms with van der Waals surface area (Å²) in [4.78, 5) is 22.3. The van der Waals surface area contributed by atoms with Crippen LogP contribution in [0.15, 0.2) is 18.5 Å². The van der Waals surface area contributed by atoms with E-state index in [2.05, 4.69) is 25.5 Å². The van der Waals surface area contributed by atoms with Crippen LogP contribution in [-0.2, 0) is 4.79 Å². The standard InChI is InChI=1S/C13H21N5O/c1-2-14-9-12(19)17-11-5-3-8-18(10-11)13-15-6-4-7-16-13/h4,6-7,11,14H,2-3,5,8-10H2,1H3,(H,17,19). The summed E-state index contributed by atoms with van der Waals surface area (Å²) in [5.41, 5.74) is 0. The molecule has 0 aliphatic carbocycles. The molecule has 1 saturated heterocycles. The average molecular weight is 263 g/mol. The zero-order valence-electron chi connectivity index (χ0n) is 11.3. The van der Waals surface area contributed by atoms with Crippen molar-refractivity contribution >= 4 is 11.9 Å². The van der Waals surface area contributed by atoms with Crippen LogP contribution >= 0.6 is 0 Å². The van der Waals surface area contributed by atoms with Gasteiger partial charge in [-0.15, -0.1) is 0 Å². The third-order valence-electron chi connectivity index (χ3n) is 3.16. The number of hydrogen-bond donors (Lipinski definition) is 2. The van der Waals surface area contributed by atoms with Crippen LogP contribution in [0.5, 0.6) is 0 Å². The zero-order valence-corrected chi connectivity index (χ0v) is 11.3. The maximum absolute atomic E-state index is 11.7. The Morgan fingerprint density at radius 1 is 1.47 bits per heavy atom. The quantitative estimate of drug-likeness (QED) is 0.792. The van der Waals surface area contributed by atoms with Crippen LogP contribution in [0.1, 0.15) is 19.8 Å². The maximum Gasteiger partial charge on any atom is 0.234 e. The molecule has 0 spiro atoms. The lowest BCUT2D eigenvalue weighted by Gasteiger charge is -2.33. The molecule has 0 aromatic carbocycles. The molecule has 6 heteroatoms. The monoisotopic (exact) mass is 263 g/mol. The van der Waals surface area contributed by atoms with Crippen molar-refractivity contribution in [1.82, 2.24) is 20.6 Å². The lowest BCUT2D eigenvalue weighted by molar-refractivity contribution is -0.121. The Kier molecular flexibility index (Phi) is 5.09. The van der Waals surface area contributed by atoms with Crippen molar-refractivity contribution in [2.75, 3.05) is 31.1 Å². The summed E-state index contributed by atoms with van der Waals surface area (Å²) in [5, 5.41) is 6.08. The number of amides is 1. The molecule has 2 N–H and O–H groups in total. The SMILES string of the molecule is CCNCC(=O)NC1CCCN(c2ncccn2)C1. The number of nitrogens with zero attached hydrogens (tertiary/aromatic N) is 3. The number of carbonyl (C=O) groups is 1. The van der Waals surface area contributed by atoms with Crippen molar-refractivity contribution in [2.24, 2.45) is 0 Å². The van der Waals surface area contributed by atoms with Gasteiger partial charge in [-0.2, -0.15) is 0 Å². The Morgan fingerprint density at radius 3 is 3.00 bits per heavy atom. The fraction of sp³-hybridized carbons (Fsp3) is 0.615. The van der Waals surface area contributed by atoms with E-state index in [1.807, 2.05) is 13.0 Å². The molecular weight excluding hydrogens is 242 g/mol. The minimum absolute atomic E-state index is 0.0580. The molecule has 2 heterocycles. The molecule has 1 amide bonds. The molecule has 104 valence electrons. The summed E-state index contributed by atoms with van der Waals surface area (Å²) < 4.78 is 0. The number of likely N-dealkylation sites (N-methyl/N-ethyl adjacent to an activating group) is 1. The lowest BCUT2D eigenvalue weighted by Crippen LogP contribution is -2.50. The van der Waals surface area contributed by atoms with Crippen molar-refractivity contribution in [3.8, 4) is 0 Å². The van der Waals surface area contributed by atoms with E-state index in [9.17, 15) is 4.79 Å². The summed E-state index contributed by atoms with van der Waals surface area (Å²) in [6.07, 6.45) is 5.55. The van der Waals surface area contributed by atoms with Crippen LogP contribution in [0, 0.1) is 0 Å². The minimum atomic E-state index is 0.0580. The topological polar surface area (TPSA) is 70.2 Å². The van der Waals surface area contributed by atoms with Crippen molar-refractivity contribution < 1.29 is 4.79 Å². The van der Waals surface area contributed by atoms with Gasteiger partial charge in [0.25, 0.3) is 0 Å². The first-order valence-corrected chi connectivity index (χ1v) is 6.81. The number of aromatic nitrogens is 2. The smallest absolute Gasteiger partial charge is 0.234 e. The van der Waals surface area contributed by atoms with Gasteiger partial charge in [0.05, 0.1) is 6.54 Å².